The topological polar surface area (TPSA) is 52.8 Å². The number of hydrogen-bond acceptors (Lipinski definition) is 3. The smallest absolute Gasteiger partial charge is 0.248 e. The number of hydrogen-bond donors (Lipinski definition) is 2. The van der Waals surface area contributed by atoms with Crippen LogP contribution in [0.25, 0.3) is 0 Å². The fraction of sp³-hybridized carbons (Fsp3) is 0.700. The number of dihydropyridines is 1. The number of alkyl halides is 1. The van der Waals surface area contributed by atoms with Crippen molar-refractivity contribution in [2.24, 2.45) is 4.99 Å². The van der Waals surface area contributed by atoms with E-state index in [1.165, 1.54) is 12.3 Å². The van der Waals surface area contributed by atoms with E-state index < -0.39 is 17.5 Å². The average molecular weight is 201 g/mol. The SMILES string of the molecule is CC(C)(O)CCC1N=CC=CC1(O)F. The summed E-state index contributed by atoms with van der Waals surface area (Å²) in [6, 6.07) is -0.807. The summed E-state index contributed by atoms with van der Waals surface area (Å²) >= 11 is 0. The minimum Gasteiger partial charge on any atom is -0.390 e. The molecule has 0 aliphatic carbocycles. The van der Waals surface area contributed by atoms with Crippen LogP contribution in [0, 0.1) is 0 Å². The lowest BCUT2D eigenvalue weighted by Crippen LogP contribution is -2.37. The number of aliphatic imine (C=N–C) groups is 1. The van der Waals surface area contributed by atoms with Crippen LogP contribution < -0.4 is 0 Å². The van der Waals surface area contributed by atoms with Crippen LogP contribution in [0.4, 0.5) is 4.39 Å². The molecule has 0 aromatic rings. The van der Waals surface area contributed by atoms with Crippen LogP contribution in [-0.4, -0.2) is 33.9 Å². The highest BCUT2D eigenvalue weighted by molar-refractivity contribution is 5.72. The third-order valence-electron chi connectivity index (χ3n) is 2.18. The van der Waals surface area contributed by atoms with E-state index in [1.807, 2.05) is 0 Å². The van der Waals surface area contributed by atoms with Crippen molar-refractivity contribution in [2.75, 3.05) is 0 Å². The van der Waals surface area contributed by atoms with Gasteiger partial charge in [-0.1, -0.05) is 0 Å². The molecule has 0 aromatic heterocycles. The van der Waals surface area contributed by atoms with E-state index in [4.69, 9.17) is 0 Å². The van der Waals surface area contributed by atoms with E-state index in [0.717, 1.165) is 6.08 Å². The van der Waals surface area contributed by atoms with Crippen molar-refractivity contribution in [3.8, 4) is 0 Å². The van der Waals surface area contributed by atoms with Gasteiger partial charge in [-0.25, -0.2) is 4.39 Å². The molecule has 14 heavy (non-hydrogen) atoms. The highest BCUT2D eigenvalue weighted by atomic mass is 19.2. The quantitative estimate of drug-likeness (QED) is 0.721. The number of halogens is 1. The summed E-state index contributed by atoms with van der Waals surface area (Å²) in [5.74, 6) is -2.38. The van der Waals surface area contributed by atoms with Crippen molar-refractivity contribution in [2.45, 2.75) is 44.2 Å². The van der Waals surface area contributed by atoms with Gasteiger partial charge in [0.2, 0.25) is 5.85 Å². The average Bonchev–Trinajstić information content (AvgIpc) is 2.00. The predicted octanol–water partition coefficient (Wildman–Crippen LogP) is 1.20. The first kappa shape index (κ1) is 11.3. The van der Waals surface area contributed by atoms with Crippen LogP contribution in [0.3, 0.4) is 0 Å². The van der Waals surface area contributed by atoms with E-state index in [9.17, 15) is 14.6 Å². The molecule has 1 heterocycles. The fourth-order valence-electron chi connectivity index (χ4n) is 1.31. The summed E-state index contributed by atoms with van der Waals surface area (Å²) in [5.41, 5.74) is -0.854. The maximum atomic E-state index is 13.4. The Morgan fingerprint density at radius 3 is 2.71 bits per heavy atom. The van der Waals surface area contributed by atoms with Crippen molar-refractivity contribution in [3.63, 3.8) is 0 Å². The van der Waals surface area contributed by atoms with E-state index in [-0.39, 0.29) is 0 Å². The van der Waals surface area contributed by atoms with Crippen molar-refractivity contribution in [3.05, 3.63) is 12.2 Å². The lowest BCUT2D eigenvalue weighted by Gasteiger charge is -2.27. The normalized spacial score (nSPS) is 32.2. The molecule has 1 rings (SSSR count). The molecule has 0 aromatic carbocycles. The molecule has 1 aliphatic rings. The summed E-state index contributed by atoms with van der Waals surface area (Å²) in [6.07, 6.45) is 4.63. The molecule has 80 valence electrons. The van der Waals surface area contributed by atoms with E-state index in [0.29, 0.717) is 12.8 Å². The number of aliphatic hydroxyl groups is 2. The highest BCUT2D eigenvalue weighted by Crippen LogP contribution is 2.26. The molecule has 0 saturated carbocycles. The van der Waals surface area contributed by atoms with Gasteiger partial charge < -0.3 is 10.2 Å². The van der Waals surface area contributed by atoms with Crippen LogP contribution in [0.1, 0.15) is 26.7 Å². The maximum Gasteiger partial charge on any atom is 0.248 e. The van der Waals surface area contributed by atoms with Gasteiger partial charge >= 0.3 is 0 Å². The van der Waals surface area contributed by atoms with Crippen molar-refractivity contribution < 1.29 is 14.6 Å². The van der Waals surface area contributed by atoms with Crippen molar-refractivity contribution in [1.82, 2.24) is 0 Å². The van der Waals surface area contributed by atoms with Gasteiger partial charge in [-0.15, -0.1) is 0 Å². The molecule has 2 unspecified atom stereocenters. The van der Waals surface area contributed by atoms with Gasteiger partial charge in [-0.05, 0) is 38.8 Å². The number of nitrogens with zero attached hydrogens (tertiary/aromatic N) is 1. The zero-order valence-corrected chi connectivity index (χ0v) is 8.44. The zero-order valence-electron chi connectivity index (χ0n) is 8.44. The molecule has 1 aliphatic heterocycles. The fourth-order valence-corrected chi connectivity index (χ4v) is 1.31. The minimum atomic E-state index is -2.38. The van der Waals surface area contributed by atoms with Gasteiger partial charge in [0.25, 0.3) is 0 Å². The van der Waals surface area contributed by atoms with E-state index in [2.05, 4.69) is 4.99 Å². The molecule has 0 amide bonds. The molecule has 3 nitrogen and oxygen atoms in total. The van der Waals surface area contributed by atoms with Crippen LogP contribution in [0.2, 0.25) is 0 Å². The Balaban J connectivity index is 2.53. The Bertz CT molecular complexity index is 253. The van der Waals surface area contributed by atoms with Gasteiger partial charge in [0.1, 0.15) is 6.04 Å². The summed E-state index contributed by atoms with van der Waals surface area (Å²) < 4.78 is 13.4. The zero-order chi connectivity index (χ0) is 10.8. The van der Waals surface area contributed by atoms with Gasteiger partial charge in [0.05, 0.1) is 5.60 Å². The minimum absolute atomic E-state index is 0.317. The number of rotatable bonds is 3. The molecular formula is C10H16FNO2. The standard InChI is InChI=1S/C10H16FNO2/c1-9(2,13)6-4-8-10(11,14)5-3-7-12-8/h3,5,7-8,13-14H,4,6H2,1-2H3. The van der Waals surface area contributed by atoms with Crippen LogP contribution >= 0.6 is 0 Å². The summed E-state index contributed by atoms with van der Waals surface area (Å²) in [6.45, 7) is 3.29. The van der Waals surface area contributed by atoms with Gasteiger partial charge in [-0.2, -0.15) is 0 Å². The molecule has 2 atom stereocenters. The Kier molecular flexibility index (Phi) is 3.07. The second-order valence-electron chi connectivity index (χ2n) is 4.25. The molecule has 0 radical (unpaired) electrons. The molecular weight excluding hydrogens is 185 g/mol. The first-order valence-corrected chi connectivity index (χ1v) is 4.66. The maximum absolute atomic E-state index is 13.4. The molecule has 2 N–H and O–H groups in total. The third-order valence-corrected chi connectivity index (χ3v) is 2.18. The van der Waals surface area contributed by atoms with E-state index >= 15 is 0 Å². The second kappa shape index (κ2) is 3.79. The molecule has 0 fully saturated rings. The van der Waals surface area contributed by atoms with Crippen LogP contribution in [-0.2, 0) is 0 Å². The largest absolute Gasteiger partial charge is 0.390 e. The monoisotopic (exact) mass is 201 g/mol. The summed E-state index contributed by atoms with van der Waals surface area (Å²) in [5, 5.41) is 18.7. The Labute approximate surface area is 83.0 Å². The highest BCUT2D eigenvalue weighted by Gasteiger charge is 2.35. The third kappa shape index (κ3) is 3.20. The molecule has 0 saturated heterocycles. The van der Waals surface area contributed by atoms with Gasteiger partial charge in [-0.3, -0.25) is 4.99 Å². The van der Waals surface area contributed by atoms with E-state index in [1.54, 1.807) is 13.8 Å². The molecule has 4 heteroatoms. The lowest BCUT2D eigenvalue weighted by atomic mass is 9.95. The summed E-state index contributed by atoms with van der Waals surface area (Å²) in [7, 11) is 0. The second-order valence-corrected chi connectivity index (χ2v) is 4.25. The molecule has 0 spiro atoms. The van der Waals surface area contributed by atoms with Crippen LogP contribution in [0.5, 0.6) is 0 Å². The molecule has 0 bridgehead atoms. The lowest BCUT2D eigenvalue weighted by molar-refractivity contribution is -0.0687. The van der Waals surface area contributed by atoms with Gasteiger partial charge in [0.15, 0.2) is 0 Å². The Hall–Kier alpha value is -0.740. The summed E-state index contributed by atoms with van der Waals surface area (Å²) in [4.78, 5) is 3.84. The van der Waals surface area contributed by atoms with Gasteiger partial charge in [0, 0.05) is 6.21 Å². The van der Waals surface area contributed by atoms with Crippen LogP contribution in [0.15, 0.2) is 17.1 Å². The predicted molar refractivity (Wildman–Crippen MR) is 53.0 cm³/mol. The number of allylic oxidation sites excluding steroid dienone is 1. The first-order chi connectivity index (χ1) is 6.31. The first-order valence-electron chi connectivity index (χ1n) is 4.66. The van der Waals surface area contributed by atoms with Crippen molar-refractivity contribution in [1.29, 1.82) is 0 Å². The Morgan fingerprint density at radius 2 is 2.21 bits per heavy atom. The van der Waals surface area contributed by atoms with Crippen molar-refractivity contribution >= 4 is 6.21 Å². The Morgan fingerprint density at radius 1 is 1.57 bits per heavy atom.